The van der Waals surface area contributed by atoms with Crippen LogP contribution in [0.15, 0.2) is 36.4 Å². The molecule has 1 aromatic rings. The van der Waals surface area contributed by atoms with E-state index >= 15 is 0 Å². The third kappa shape index (κ3) is 5.85. The lowest BCUT2D eigenvalue weighted by Crippen LogP contribution is -2.45. The van der Waals surface area contributed by atoms with Crippen molar-refractivity contribution in [2.45, 2.75) is 38.1 Å². The summed E-state index contributed by atoms with van der Waals surface area (Å²) in [5.74, 6) is 1.07. The molecule has 1 heterocycles. The number of carbonyl (C=O) groups excluding carboxylic acids is 1. The Morgan fingerprint density at radius 2 is 1.96 bits per heavy atom. The Bertz CT molecular complexity index is 580. The van der Waals surface area contributed by atoms with Crippen molar-refractivity contribution in [3.8, 4) is 5.75 Å². The number of likely N-dealkylation sites (tertiary alicyclic amines) is 1. The molecule has 0 aromatic heterocycles. The molecule has 4 nitrogen and oxygen atoms in total. The van der Waals surface area contributed by atoms with Gasteiger partial charge >= 0.3 is 0 Å². The maximum atomic E-state index is 12.8. The molecule has 1 fully saturated rings. The van der Waals surface area contributed by atoms with Gasteiger partial charge in [0.15, 0.2) is 0 Å². The van der Waals surface area contributed by atoms with Crippen LogP contribution in [0, 0.1) is 11.7 Å². The molecule has 0 spiro atoms. The summed E-state index contributed by atoms with van der Waals surface area (Å²) in [7, 11) is 0. The van der Waals surface area contributed by atoms with Crippen LogP contribution in [-0.4, -0.2) is 43.1 Å². The van der Waals surface area contributed by atoms with E-state index < -0.39 is 0 Å². The fourth-order valence-corrected chi connectivity index (χ4v) is 3.51. The van der Waals surface area contributed by atoms with E-state index in [0.717, 1.165) is 45.3 Å². The lowest BCUT2D eigenvalue weighted by Gasteiger charge is -2.32. The molecule has 2 aliphatic rings. The molecule has 1 unspecified atom stereocenters. The summed E-state index contributed by atoms with van der Waals surface area (Å²) in [6.07, 6.45) is 9.16. The van der Waals surface area contributed by atoms with Crippen LogP contribution in [0.3, 0.4) is 0 Å². The summed E-state index contributed by atoms with van der Waals surface area (Å²) in [4.78, 5) is 14.4. The third-order valence-electron chi connectivity index (χ3n) is 5.00. The molecule has 5 heteroatoms. The monoisotopic (exact) mass is 346 g/mol. The van der Waals surface area contributed by atoms with Crippen LogP contribution >= 0.6 is 0 Å². The van der Waals surface area contributed by atoms with E-state index in [1.54, 1.807) is 12.1 Å². The lowest BCUT2D eigenvalue weighted by atomic mass is 10.0. The van der Waals surface area contributed by atoms with Gasteiger partial charge in [-0.15, -0.1) is 0 Å². The average molecular weight is 346 g/mol. The van der Waals surface area contributed by atoms with Crippen molar-refractivity contribution in [1.29, 1.82) is 0 Å². The number of benzene rings is 1. The van der Waals surface area contributed by atoms with Gasteiger partial charge < -0.3 is 10.1 Å². The van der Waals surface area contributed by atoms with Crippen molar-refractivity contribution < 1.29 is 13.9 Å². The lowest BCUT2D eigenvalue weighted by molar-refractivity contribution is -0.122. The van der Waals surface area contributed by atoms with Crippen LogP contribution < -0.4 is 10.1 Å². The quantitative estimate of drug-likeness (QED) is 0.771. The zero-order valence-corrected chi connectivity index (χ0v) is 14.6. The highest BCUT2D eigenvalue weighted by atomic mass is 19.1. The molecule has 1 saturated heterocycles. The number of ether oxygens (including phenoxy) is 1. The van der Waals surface area contributed by atoms with Crippen molar-refractivity contribution in [3.63, 3.8) is 0 Å². The number of amides is 1. The Labute approximate surface area is 149 Å². The fourth-order valence-electron chi connectivity index (χ4n) is 3.51. The van der Waals surface area contributed by atoms with Crippen LogP contribution in [-0.2, 0) is 4.79 Å². The highest BCUT2D eigenvalue weighted by Gasteiger charge is 2.22. The van der Waals surface area contributed by atoms with E-state index in [9.17, 15) is 9.18 Å². The van der Waals surface area contributed by atoms with Crippen molar-refractivity contribution >= 4 is 5.91 Å². The van der Waals surface area contributed by atoms with Gasteiger partial charge in [-0.2, -0.15) is 0 Å². The molecule has 1 aliphatic heterocycles. The second kappa shape index (κ2) is 8.99. The smallest absolute Gasteiger partial charge is 0.220 e. The van der Waals surface area contributed by atoms with Crippen LogP contribution in [0.4, 0.5) is 4.39 Å². The number of nitrogens with one attached hydrogen (secondary N) is 1. The van der Waals surface area contributed by atoms with Gasteiger partial charge in [0.2, 0.25) is 5.91 Å². The number of allylic oxidation sites excluding steroid dienone is 2. The van der Waals surface area contributed by atoms with Crippen molar-refractivity contribution in [1.82, 2.24) is 10.2 Å². The van der Waals surface area contributed by atoms with Gasteiger partial charge in [-0.1, -0.05) is 12.2 Å². The first-order valence-electron chi connectivity index (χ1n) is 9.26. The van der Waals surface area contributed by atoms with Crippen LogP contribution in [0.2, 0.25) is 0 Å². The van der Waals surface area contributed by atoms with Gasteiger partial charge in [0.1, 0.15) is 18.2 Å². The topological polar surface area (TPSA) is 41.6 Å². The van der Waals surface area contributed by atoms with Gasteiger partial charge in [-0.05, 0) is 55.9 Å². The summed E-state index contributed by atoms with van der Waals surface area (Å²) in [6, 6.07) is 6.41. The van der Waals surface area contributed by atoms with Crippen LogP contribution in [0.1, 0.15) is 32.1 Å². The Morgan fingerprint density at radius 3 is 2.64 bits per heavy atom. The number of nitrogens with zero attached hydrogens (tertiary/aromatic N) is 1. The summed E-state index contributed by atoms with van der Waals surface area (Å²) in [5, 5.41) is 3.19. The minimum atomic E-state index is -0.250. The largest absolute Gasteiger partial charge is 0.492 e. The number of piperidine rings is 1. The van der Waals surface area contributed by atoms with Gasteiger partial charge in [0, 0.05) is 32.1 Å². The molecule has 1 atom stereocenters. The first-order chi connectivity index (χ1) is 12.2. The first kappa shape index (κ1) is 17.9. The minimum absolute atomic E-state index is 0.189. The fraction of sp³-hybridized carbons (Fsp3) is 0.550. The average Bonchev–Trinajstić information content (AvgIpc) is 3.11. The second-order valence-electron chi connectivity index (χ2n) is 6.96. The van der Waals surface area contributed by atoms with Crippen molar-refractivity contribution in [2.75, 3.05) is 26.2 Å². The maximum absolute atomic E-state index is 12.8. The van der Waals surface area contributed by atoms with E-state index in [-0.39, 0.29) is 11.7 Å². The Hall–Kier alpha value is -1.88. The van der Waals surface area contributed by atoms with E-state index in [1.165, 1.54) is 12.1 Å². The minimum Gasteiger partial charge on any atom is -0.492 e. The van der Waals surface area contributed by atoms with Gasteiger partial charge in [0.05, 0.1) is 0 Å². The zero-order chi connectivity index (χ0) is 17.5. The predicted molar refractivity (Wildman–Crippen MR) is 96.0 cm³/mol. The van der Waals surface area contributed by atoms with Crippen molar-refractivity contribution in [2.24, 2.45) is 5.92 Å². The predicted octanol–water partition coefficient (Wildman–Crippen LogP) is 3.14. The number of hydrogen-bond donors (Lipinski definition) is 1. The molecule has 0 bridgehead atoms. The molecule has 136 valence electrons. The summed E-state index contributed by atoms with van der Waals surface area (Å²) in [5.41, 5.74) is 0. The number of hydrogen-bond acceptors (Lipinski definition) is 3. The summed E-state index contributed by atoms with van der Waals surface area (Å²) < 4.78 is 18.5. The molecule has 1 aliphatic carbocycles. The number of carbonyl (C=O) groups is 1. The normalized spacial score (nSPS) is 21.4. The summed E-state index contributed by atoms with van der Waals surface area (Å²) >= 11 is 0. The maximum Gasteiger partial charge on any atom is 0.220 e. The number of rotatable bonds is 7. The third-order valence-corrected chi connectivity index (χ3v) is 5.00. The standard InChI is InChI=1S/C20H27FN2O2/c21-17-5-7-19(8-6-17)25-14-13-23-11-9-18(10-12-23)22-20(24)15-16-3-1-2-4-16/h1,3,5-8,16,18H,2,4,9-15H2,(H,22,24). The van der Waals surface area contributed by atoms with Gasteiger partial charge in [-0.3, -0.25) is 9.69 Å². The van der Waals surface area contributed by atoms with E-state index in [4.69, 9.17) is 4.74 Å². The first-order valence-corrected chi connectivity index (χ1v) is 9.26. The second-order valence-corrected chi connectivity index (χ2v) is 6.96. The molecular weight excluding hydrogens is 319 g/mol. The Balaban J connectivity index is 1.29. The highest BCUT2D eigenvalue weighted by Crippen LogP contribution is 2.20. The SMILES string of the molecule is O=C(CC1C=CCC1)NC1CCN(CCOc2ccc(F)cc2)CC1. The molecular formula is C20H27FN2O2. The Kier molecular flexibility index (Phi) is 6.45. The Morgan fingerprint density at radius 1 is 1.20 bits per heavy atom. The molecule has 3 rings (SSSR count). The zero-order valence-electron chi connectivity index (χ0n) is 14.6. The molecule has 0 radical (unpaired) electrons. The molecule has 1 aromatic carbocycles. The van der Waals surface area contributed by atoms with E-state index in [0.29, 0.717) is 30.7 Å². The van der Waals surface area contributed by atoms with E-state index in [2.05, 4.69) is 22.4 Å². The summed E-state index contributed by atoms with van der Waals surface area (Å²) in [6.45, 7) is 3.39. The van der Waals surface area contributed by atoms with Crippen molar-refractivity contribution in [3.05, 3.63) is 42.2 Å². The van der Waals surface area contributed by atoms with Gasteiger partial charge in [0.25, 0.3) is 0 Å². The molecule has 1 amide bonds. The number of halogens is 1. The van der Waals surface area contributed by atoms with Crippen LogP contribution in [0.5, 0.6) is 5.75 Å². The van der Waals surface area contributed by atoms with E-state index in [1.807, 2.05) is 0 Å². The van der Waals surface area contributed by atoms with Gasteiger partial charge in [-0.25, -0.2) is 4.39 Å². The van der Waals surface area contributed by atoms with Crippen LogP contribution in [0.25, 0.3) is 0 Å². The molecule has 0 saturated carbocycles. The molecule has 25 heavy (non-hydrogen) atoms. The molecule has 1 N–H and O–H groups in total. The highest BCUT2D eigenvalue weighted by molar-refractivity contribution is 5.76.